The Bertz CT molecular complexity index is 262. The lowest BCUT2D eigenvalue weighted by molar-refractivity contribution is 0.0284. The molecule has 2 saturated heterocycles. The van der Waals surface area contributed by atoms with E-state index in [2.05, 4.69) is 31.1 Å². The van der Waals surface area contributed by atoms with Crippen molar-refractivity contribution < 1.29 is 4.74 Å². The number of hydrogen-bond acceptors (Lipinski definition) is 3. The third-order valence-corrected chi connectivity index (χ3v) is 4.29. The van der Waals surface area contributed by atoms with Gasteiger partial charge in [-0.05, 0) is 33.1 Å². The average Bonchev–Trinajstić information content (AvgIpc) is 2.62. The third-order valence-electron chi connectivity index (χ3n) is 3.23. The minimum atomic E-state index is -0.0147. The van der Waals surface area contributed by atoms with Crippen LogP contribution in [0.15, 0.2) is 4.99 Å². The average molecular weight is 242 g/mol. The fraction of sp³-hybridized carbons (Fsp3) is 0.917. The van der Waals surface area contributed by atoms with Crippen LogP contribution < -0.4 is 5.32 Å². The Kier molecular flexibility index (Phi) is 3.80. The highest BCUT2D eigenvalue weighted by Gasteiger charge is 2.30. The second-order valence-electron chi connectivity index (χ2n) is 5.23. The Labute approximate surface area is 102 Å². The summed E-state index contributed by atoms with van der Waals surface area (Å²) in [4.78, 5) is 4.68. The molecule has 92 valence electrons. The Hall–Kier alpha value is -0.220. The number of aliphatic imine (C=N–C) groups is 1. The summed E-state index contributed by atoms with van der Waals surface area (Å²) in [5, 5.41) is 5.22. The van der Waals surface area contributed by atoms with Crippen molar-refractivity contribution in [3.63, 3.8) is 0 Å². The molecule has 3 atom stereocenters. The van der Waals surface area contributed by atoms with Gasteiger partial charge >= 0.3 is 0 Å². The molecule has 4 heteroatoms. The fourth-order valence-corrected chi connectivity index (χ4v) is 3.50. The van der Waals surface area contributed by atoms with E-state index >= 15 is 0 Å². The van der Waals surface area contributed by atoms with Crippen LogP contribution in [0.1, 0.15) is 40.0 Å². The Balaban J connectivity index is 1.91. The van der Waals surface area contributed by atoms with Crippen LogP contribution in [0.25, 0.3) is 0 Å². The summed E-state index contributed by atoms with van der Waals surface area (Å²) in [5.41, 5.74) is -0.0147. The molecule has 0 saturated carbocycles. The van der Waals surface area contributed by atoms with Crippen molar-refractivity contribution in [2.75, 3.05) is 13.2 Å². The van der Waals surface area contributed by atoms with E-state index in [0.717, 1.165) is 24.7 Å². The van der Waals surface area contributed by atoms with E-state index < -0.39 is 0 Å². The summed E-state index contributed by atoms with van der Waals surface area (Å²) in [6, 6.07) is 0.548. The highest BCUT2D eigenvalue weighted by molar-refractivity contribution is 8.14. The highest BCUT2D eigenvalue weighted by atomic mass is 32.2. The van der Waals surface area contributed by atoms with E-state index in [1.807, 2.05) is 11.8 Å². The van der Waals surface area contributed by atoms with Gasteiger partial charge in [0.2, 0.25) is 0 Å². The van der Waals surface area contributed by atoms with Crippen LogP contribution in [0.5, 0.6) is 0 Å². The molecular formula is C12H22N2OS. The van der Waals surface area contributed by atoms with Gasteiger partial charge in [-0.15, -0.1) is 0 Å². The zero-order valence-corrected chi connectivity index (χ0v) is 11.3. The molecule has 0 aromatic heterocycles. The second-order valence-corrected chi connectivity index (χ2v) is 6.66. The molecule has 0 bridgehead atoms. The number of amidine groups is 1. The molecule has 2 fully saturated rings. The SMILES string of the molecule is CC1CC(C)SC(=NCC2(C)CCCO2)N1. The minimum absolute atomic E-state index is 0.0147. The quantitative estimate of drug-likeness (QED) is 0.807. The molecule has 3 unspecified atom stereocenters. The van der Waals surface area contributed by atoms with E-state index in [4.69, 9.17) is 4.74 Å². The van der Waals surface area contributed by atoms with E-state index in [1.165, 1.54) is 12.8 Å². The van der Waals surface area contributed by atoms with Gasteiger partial charge in [-0.1, -0.05) is 18.7 Å². The van der Waals surface area contributed by atoms with Crippen LogP contribution in [0.2, 0.25) is 0 Å². The van der Waals surface area contributed by atoms with Gasteiger partial charge in [0.25, 0.3) is 0 Å². The first-order valence-electron chi connectivity index (χ1n) is 6.19. The van der Waals surface area contributed by atoms with Crippen molar-refractivity contribution in [1.82, 2.24) is 5.32 Å². The number of rotatable bonds is 2. The van der Waals surface area contributed by atoms with Gasteiger partial charge in [0, 0.05) is 17.9 Å². The van der Waals surface area contributed by atoms with Crippen LogP contribution in [0.3, 0.4) is 0 Å². The van der Waals surface area contributed by atoms with Crippen molar-refractivity contribution in [2.45, 2.75) is 56.9 Å². The fourth-order valence-electron chi connectivity index (χ4n) is 2.32. The van der Waals surface area contributed by atoms with E-state index in [1.54, 1.807) is 0 Å². The summed E-state index contributed by atoms with van der Waals surface area (Å²) >= 11 is 1.86. The molecule has 2 aliphatic heterocycles. The molecule has 16 heavy (non-hydrogen) atoms. The van der Waals surface area contributed by atoms with Crippen molar-refractivity contribution in [2.24, 2.45) is 4.99 Å². The second kappa shape index (κ2) is 4.96. The zero-order valence-electron chi connectivity index (χ0n) is 10.5. The van der Waals surface area contributed by atoms with Gasteiger partial charge in [-0.2, -0.15) is 0 Å². The van der Waals surface area contributed by atoms with Crippen molar-refractivity contribution in [3.8, 4) is 0 Å². The highest BCUT2D eigenvalue weighted by Crippen LogP contribution is 2.27. The number of ether oxygens (including phenoxy) is 1. The summed E-state index contributed by atoms with van der Waals surface area (Å²) in [7, 11) is 0. The lowest BCUT2D eigenvalue weighted by atomic mass is 10.0. The lowest BCUT2D eigenvalue weighted by Crippen LogP contribution is -2.39. The van der Waals surface area contributed by atoms with Gasteiger partial charge in [0.1, 0.15) is 0 Å². The number of nitrogens with one attached hydrogen (secondary N) is 1. The maximum absolute atomic E-state index is 5.74. The smallest absolute Gasteiger partial charge is 0.157 e. The summed E-state index contributed by atoms with van der Waals surface area (Å²) in [5.74, 6) is 0. The standard InChI is InChI=1S/C12H22N2OS/c1-9-7-10(2)16-11(14-9)13-8-12(3)5-4-6-15-12/h9-10H,4-8H2,1-3H3,(H,13,14). The molecule has 0 aromatic carbocycles. The molecule has 0 spiro atoms. The summed E-state index contributed by atoms with van der Waals surface area (Å²) < 4.78 is 5.74. The largest absolute Gasteiger partial charge is 0.373 e. The Morgan fingerprint density at radius 2 is 2.38 bits per heavy atom. The van der Waals surface area contributed by atoms with Crippen molar-refractivity contribution >= 4 is 16.9 Å². The topological polar surface area (TPSA) is 33.6 Å². The van der Waals surface area contributed by atoms with Crippen LogP contribution >= 0.6 is 11.8 Å². The third kappa shape index (κ3) is 3.14. The Morgan fingerprint density at radius 3 is 3.00 bits per heavy atom. The maximum Gasteiger partial charge on any atom is 0.157 e. The van der Waals surface area contributed by atoms with Crippen LogP contribution in [0.4, 0.5) is 0 Å². The van der Waals surface area contributed by atoms with Gasteiger partial charge in [-0.3, -0.25) is 4.99 Å². The molecule has 2 aliphatic rings. The van der Waals surface area contributed by atoms with Crippen LogP contribution in [-0.4, -0.2) is 35.2 Å². The van der Waals surface area contributed by atoms with Gasteiger partial charge in [0.15, 0.2) is 5.17 Å². The van der Waals surface area contributed by atoms with E-state index in [0.29, 0.717) is 11.3 Å². The summed E-state index contributed by atoms with van der Waals surface area (Å²) in [6.07, 6.45) is 3.53. The first-order valence-corrected chi connectivity index (χ1v) is 7.07. The number of nitrogens with zero attached hydrogens (tertiary/aromatic N) is 1. The van der Waals surface area contributed by atoms with E-state index in [-0.39, 0.29) is 5.60 Å². The van der Waals surface area contributed by atoms with Gasteiger partial charge in [-0.25, -0.2) is 0 Å². The normalized spacial score (nSPS) is 42.3. The molecule has 0 aliphatic carbocycles. The number of thioether (sulfide) groups is 1. The zero-order chi connectivity index (χ0) is 11.6. The number of hydrogen-bond donors (Lipinski definition) is 1. The monoisotopic (exact) mass is 242 g/mol. The van der Waals surface area contributed by atoms with Crippen molar-refractivity contribution in [3.05, 3.63) is 0 Å². The van der Waals surface area contributed by atoms with E-state index in [9.17, 15) is 0 Å². The molecule has 2 heterocycles. The predicted octanol–water partition coefficient (Wildman–Crippen LogP) is 2.42. The van der Waals surface area contributed by atoms with Gasteiger partial charge < -0.3 is 10.1 Å². The molecule has 3 nitrogen and oxygen atoms in total. The van der Waals surface area contributed by atoms with Crippen LogP contribution in [0, 0.1) is 0 Å². The van der Waals surface area contributed by atoms with Gasteiger partial charge in [0.05, 0.1) is 12.1 Å². The molecule has 0 aromatic rings. The Morgan fingerprint density at radius 1 is 1.56 bits per heavy atom. The first-order chi connectivity index (χ1) is 7.57. The molecule has 2 rings (SSSR count). The van der Waals surface area contributed by atoms with Crippen molar-refractivity contribution in [1.29, 1.82) is 0 Å². The predicted molar refractivity (Wildman–Crippen MR) is 70.2 cm³/mol. The molecular weight excluding hydrogens is 220 g/mol. The lowest BCUT2D eigenvalue weighted by Gasteiger charge is -2.28. The van der Waals surface area contributed by atoms with Crippen LogP contribution in [-0.2, 0) is 4.74 Å². The molecule has 1 N–H and O–H groups in total. The minimum Gasteiger partial charge on any atom is -0.373 e. The first kappa shape index (κ1) is 12.2. The summed E-state index contributed by atoms with van der Waals surface area (Å²) in [6.45, 7) is 8.35. The molecule has 0 amide bonds. The maximum atomic E-state index is 5.74. The molecule has 0 radical (unpaired) electrons.